The molecule has 140 valence electrons. The first kappa shape index (κ1) is 19.8. The van der Waals surface area contributed by atoms with E-state index < -0.39 is 26.6 Å². The van der Waals surface area contributed by atoms with E-state index in [1.807, 2.05) is 0 Å². The van der Waals surface area contributed by atoms with Crippen LogP contribution in [0.15, 0.2) is 47.4 Å². The lowest BCUT2D eigenvalue weighted by molar-refractivity contribution is -0.121. The Hall–Kier alpha value is -2.52. The molecule has 0 radical (unpaired) electrons. The molecule has 0 fully saturated rings. The van der Waals surface area contributed by atoms with Crippen molar-refractivity contribution in [2.75, 3.05) is 13.7 Å². The molecule has 0 unspecified atom stereocenters. The van der Waals surface area contributed by atoms with Crippen molar-refractivity contribution in [3.8, 4) is 5.75 Å². The Morgan fingerprint density at radius 3 is 2.54 bits per heavy atom. The number of para-hydroxylation sites is 1. The van der Waals surface area contributed by atoms with Crippen molar-refractivity contribution >= 4 is 15.9 Å². The lowest BCUT2D eigenvalue weighted by Gasteiger charge is -2.10. The summed E-state index contributed by atoms with van der Waals surface area (Å²) in [5.74, 6) is -2.14. The Bertz CT molecular complexity index is 888. The third-order valence-corrected chi connectivity index (χ3v) is 4.97. The number of hydrogen-bond acceptors (Lipinski definition) is 4. The maximum Gasteiger partial charge on any atom is 0.240 e. The van der Waals surface area contributed by atoms with E-state index in [0.717, 1.165) is 17.7 Å². The van der Waals surface area contributed by atoms with Gasteiger partial charge in [-0.25, -0.2) is 21.9 Å². The molecule has 0 heterocycles. The molecule has 26 heavy (non-hydrogen) atoms. The van der Waals surface area contributed by atoms with Gasteiger partial charge in [-0.3, -0.25) is 4.79 Å². The lowest BCUT2D eigenvalue weighted by Crippen LogP contribution is -2.30. The molecular formula is C17H18F2N2O4S. The maximum absolute atomic E-state index is 13.1. The summed E-state index contributed by atoms with van der Waals surface area (Å²) < 4.78 is 57.3. The molecule has 0 saturated heterocycles. The third-order valence-electron chi connectivity index (χ3n) is 3.51. The van der Waals surface area contributed by atoms with Gasteiger partial charge in [0.25, 0.3) is 0 Å². The summed E-state index contributed by atoms with van der Waals surface area (Å²) in [4.78, 5) is 11.4. The molecule has 0 atom stereocenters. The molecule has 0 aromatic heterocycles. The molecule has 2 aromatic carbocycles. The summed E-state index contributed by atoms with van der Waals surface area (Å²) in [7, 11) is -2.51. The van der Waals surface area contributed by atoms with Gasteiger partial charge in [0, 0.05) is 25.1 Å². The Balaban J connectivity index is 1.84. The van der Waals surface area contributed by atoms with Crippen molar-refractivity contribution in [1.29, 1.82) is 0 Å². The van der Waals surface area contributed by atoms with Gasteiger partial charge in [0.05, 0.1) is 12.0 Å². The monoisotopic (exact) mass is 384 g/mol. The Morgan fingerprint density at radius 2 is 1.85 bits per heavy atom. The summed E-state index contributed by atoms with van der Waals surface area (Å²) in [6.45, 7) is 0.0534. The Morgan fingerprint density at radius 1 is 1.12 bits per heavy atom. The average Bonchev–Trinajstić information content (AvgIpc) is 2.62. The summed E-state index contributed by atoms with van der Waals surface area (Å²) in [5, 5.41) is 2.65. The highest BCUT2D eigenvalue weighted by Gasteiger charge is 2.16. The zero-order chi connectivity index (χ0) is 19.2. The number of amides is 1. The standard InChI is InChI=1S/C17H18F2N2O4S/c1-25-16-5-3-2-4-12(16)11-20-17(22)8-9-21-26(23,24)13-6-7-14(18)15(19)10-13/h2-7,10,21H,8-9,11H2,1H3,(H,20,22). The zero-order valence-corrected chi connectivity index (χ0v) is 14.8. The van der Waals surface area contributed by atoms with Crippen LogP contribution >= 0.6 is 0 Å². The molecule has 0 aliphatic heterocycles. The van der Waals surface area contributed by atoms with E-state index in [0.29, 0.717) is 11.8 Å². The number of carbonyl (C=O) groups excluding carboxylic acids is 1. The van der Waals surface area contributed by atoms with Gasteiger partial charge < -0.3 is 10.1 Å². The van der Waals surface area contributed by atoms with E-state index >= 15 is 0 Å². The molecule has 2 N–H and O–H groups in total. The highest BCUT2D eigenvalue weighted by Crippen LogP contribution is 2.16. The Kier molecular flexibility index (Phi) is 6.64. The van der Waals surface area contributed by atoms with Gasteiger partial charge in [-0.15, -0.1) is 0 Å². The second kappa shape index (κ2) is 8.72. The number of hydrogen-bond donors (Lipinski definition) is 2. The molecule has 0 aliphatic rings. The number of carbonyl (C=O) groups is 1. The van der Waals surface area contributed by atoms with Gasteiger partial charge in [-0.05, 0) is 24.3 Å². The van der Waals surface area contributed by atoms with Gasteiger partial charge in [0.15, 0.2) is 11.6 Å². The maximum atomic E-state index is 13.1. The summed E-state index contributed by atoms with van der Waals surface area (Å²) >= 11 is 0. The molecular weight excluding hydrogens is 366 g/mol. The number of benzene rings is 2. The third kappa shape index (κ3) is 5.24. The first-order valence-corrected chi connectivity index (χ1v) is 9.15. The molecule has 0 spiro atoms. The minimum atomic E-state index is -4.03. The molecule has 0 bridgehead atoms. The predicted molar refractivity (Wildman–Crippen MR) is 91.0 cm³/mol. The molecule has 2 rings (SSSR count). The van der Waals surface area contributed by atoms with Crippen molar-refractivity contribution < 1.29 is 26.7 Å². The second-order valence-electron chi connectivity index (χ2n) is 5.31. The van der Waals surface area contributed by atoms with Crippen molar-refractivity contribution in [3.63, 3.8) is 0 Å². The first-order chi connectivity index (χ1) is 12.3. The van der Waals surface area contributed by atoms with Crippen LogP contribution in [-0.4, -0.2) is 28.0 Å². The van der Waals surface area contributed by atoms with E-state index in [1.54, 1.807) is 24.3 Å². The fourth-order valence-corrected chi connectivity index (χ4v) is 3.20. The van der Waals surface area contributed by atoms with Crippen molar-refractivity contribution in [2.24, 2.45) is 0 Å². The van der Waals surface area contributed by atoms with Crippen LogP contribution in [0.1, 0.15) is 12.0 Å². The number of halogens is 2. The zero-order valence-electron chi connectivity index (χ0n) is 14.0. The smallest absolute Gasteiger partial charge is 0.240 e. The second-order valence-corrected chi connectivity index (χ2v) is 7.08. The van der Waals surface area contributed by atoms with Gasteiger partial charge in [-0.1, -0.05) is 18.2 Å². The normalized spacial score (nSPS) is 11.2. The number of ether oxygens (including phenoxy) is 1. The van der Waals surface area contributed by atoms with Gasteiger partial charge >= 0.3 is 0 Å². The quantitative estimate of drug-likeness (QED) is 0.729. The fraction of sp³-hybridized carbons (Fsp3) is 0.235. The van der Waals surface area contributed by atoms with Crippen LogP contribution in [0.5, 0.6) is 5.75 Å². The van der Waals surface area contributed by atoms with Crippen molar-refractivity contribution in [2.45, 2.75) is 17.9 Å². The van der Waals surface area contributed by atoms with Crippen LogP contribution in [0.4, 0.5) is 8.78 Å². The number of methoxy groups -OCH3 is 1. The fourth-order valence-electron chi connectivity index (χ4n) is 2.16. The van der Waals surface area contributed by atoms with Crippen molar-refractivity contribution in [1.82, 2.24) is 10.0 Å². The minimum Gasteiger partial charge on any atom is -0.496 e. The van der Waals surface area contributed by atoms with Crippen LogP contribution in [0, 0.1) is 11.6 Å². The predicted octanol–water partition coefficient (Wildman–Crippen LogP) is 1.96. The summed E-state index contributed by atoms with van der Waals surface area (Å²) in [6, 6.07) is 9.42. The van der Waals surface area contributed by atoms with Crippen LogP contribution in [-0.2, 0) is 21.4 Å². The minimum absolute atomic E-state index is 0.113. The van der Waals surface area contributed by atoms with Gasteiger partial charge in [-0.2, -0.15) is 0 Å². The molecule has 2 aromatic rings. The Labute approximate surface area is 150 Å². The topological polar surface area (TPSA) is 84.5 Å². The van der Waals surface area contributed by atoms with E-state index in [-0.39, 0.29) is 25.4 Å². The van der Waals surface area contributed by atoms with Crippen LogP contribution in [0.25, 0.3) is 0 Å². The number of sulfonamides is 1. The lowest BCUT2D eigenvalue weighted by atomic mass is 10.2. The molecule has 9 heteroatoms. The largest absolute Gasteiger partial charge is 0.496 e. The number of rotatable bonds is 8. The molecule has 6 nitrogen and oxygen atoms in total. The summed E-state index contributed by atoms with van der Waals surface area (Å²) in [6.07, 6.45) is -0.113. The van der Waals surface area contributed by atoms with Gasteiger partial charge in [0.1, 0.15) is 5.75 Å². The molecule has 1 amide bonds. The molecule has 0 saturated carbocycles. The SMILES string of the molecule is COc1ccccc1CNC(=O)CCNS(=O)(=O)c1ccc(F)c(F)c1. The van der Waals surface area contributed by atoms with Crippen LogP contribution in [0.2, 0.25) is 0 Å². The van der Waals surface area contributed by atoms with Gasteiger partial charge in [0.2, 0.25) is 15.9 Å². The van der Waals surface area contributed by atoms with E-state index in [2.05, 4.69) is 10.0 Å². The molecule has 0 aliphatic carbocycles. The summed E-state index contributed by atoms with van der Waals surface area (Å²) in [5.41, 5.74) is 0.783. The number of nitrogens with one attached hydrogen (secondary N) is 2. The van der Waals surface area contributed by atoms with Crippen LogP contribution < -0.4 is 14.8 Å². The van der Waals surface area contributed by atoms with Crippen molar-refractivity contribution in [3.05, 3.63) is 59.7 Å². The van der Waals surface area contributed by atoms with Crippen LogP contribution in [0.3, 0.4) is 0 Å². The van der Waals surface area contributed by atoms with E-state index in [4.69, 9.17) is 4.74 Å². The average molecular weight is 384 g/mol. The first-order valence-electron chi connectivity index (χ1n) is 7.67. The highest BCUT2D eigenvalue weighted by atomic mass is 32.2. The highest BCUT2D eigenvalue weighted by molar-refractivity contribution is 7.89. The van der Waals surface area contributed by atoms with E-state index in [1.165, 1.54) is 7.11 Å². The van der Waals surface area contributed by atoms with E-state index in [9.17, 15) is 22.0 Å².